The number of alkyl halides is 2. The number of aliphatic hydroxyl groups excluding tert-OH is 1. The number of hydrogen-bond donors (Lipinski definition) is 2. The second-order valence-corrected chi connectivity index (χ2v) is 4.72. The van der Waals surface area contributed by atoms with Gasteiger partial charge in [0.2, 0.25) is 0 Å². The monoisotopic (exact) mass is 277 g/mol. The molecule has 2 nitrogen and oxygen atoms in total. The minimum absolute atomic E-state index is 0.0130. The minimum Gasteiger partial charge on any atom is -0.394 e. The largest absolute Gasteiger partial charge is 0.394 e. The van der Waals surface area contributed by atoms with Gasteiger partial charge in [-0.25, -0.2) is 8.78 Å². The maximum absolute atomic E-state index is 12.5. The first kappa shape index (κ1) is 14.5. The second kappa shape index (κ2) is 6.48. The van der Waals surface area contributed by atoms with Crippen molar-refractivity contribution in [3.05, 3.63) is 65.2 Å². The van der Waals surface area contributed by atoms with E-state index >= 15 is 0 Å². The van der Waals surface area contributed by atoms with Gasteiger partial charge in [0.05, 0.1) is 12.6 Å². The molecule has 0 aliphatic carbocycles. The highest BCUT2D eigenvalue weighted by molar-refractivity contribution is 5.47. The van der Waals surface area contributed by atoms with Crippen LogP contribution in [0.1, 0.15) is 29.2 Å². The van der Waals surface area contributed by atoms with E-state index in [1.54, 1.807) is 12.1 Å². The van der Waals surface area contributed by atoms with Gasteiger partial charge in [-0.1, -0.05) is 36.4 Å². The van der Waals surface area contributed by atoms with Gasteiger partial charge in [-0.3, -0.25) is 0 Å². The summed E-state index contributed by atoms with van der Waals surface area (Å²) >= 11 is 0. The molecule has 0 bridgehead atoms. The standard InChI is InChI=1S/C16H17F2NO/c1-11-3-2-4-14(9-11)19-15(10-20)12-5-7-13(8-6-12)16(17)18/h2-9,15-16,19-20H,10H2,1H3. The van der Waals surface area contributed by atoms with Crippen LogP contribution in [0.4, 0.5) is 14.5 Å². The van der Waals surface area contributed by atoms with Crippen LogP contribution in [0.3, 0.4) is 0 Å². The van der Waals surface area contributed by atoms with Crippen molar-refractivity contribution in [2.75, 3.05) is 11.9 Å². The van der Waals surface area contributed by atoms with Crippen molar-refractivity contribution in [2.45, 2.75) is 19.4 Å². The summed E-state index contributed by atoms with van der Waals surface area (Å²) in [7, 11) is 0. The molecule has 0 amide bonds. The molecule has 0 saturated carbocycles. The van der Waals surface area contributed by atoms with E-state index in [9.17, 15) is 13.9 Å². The highest BCUT2D eigenvalue weighted by atomic mass is 19.3. The lowest BCUT2D eigenvalue weighted by Gasteiger charge is -2.18. The van der Waals surface area contributed by atoms with Gasteiger partial charge < -0.3 is 10.4 Å². The van der Waals surface area contributed by atoms with Crippen molar-refractivity contribution in [3.8, 4) is 0 Å². The lowest BCUT2D eigenvalue weighted by atomic mass is 10.0. The van der Waals surface area contributed by atoms with Gasteiger partial charge in [0.25, 0.3) is 6.43 Å². The predicted molar refractivity (Wildman–Crippen MR) is 76.0 cm³/mol. The Morgan fingerprint density at radius 1 is 1.05 bits per heavy atom. The van der Waals surface area contributed by atoms with Crippen LogP contribution in [0, 0.1) is 6.92 Å². The smallest absolute Gasteiger partial charge is 0.263 e. The second-order valence-electron chi connectivity index (χ2n) is 4.72. The summed E-state index contributed by atoms with van der Waals surface area (Å²) in [6.45, 7) is 1.87. The van der Waals surface area contributed by atoms with E-state index in [0.29, 0.717) is 0 Å². The molecule has 4 heteroatoms. The van der Waals surface area contributed by atoms with Crippen molar-refractivity contribution in [3.63, 3.8) is 0 Å². The van der Waals surface area contributed by atoms with Crippen LogP contribution in [-0.2, 0) is 0 Å². The van der Waals surface area contributed by atoms with Crippen LogP contribution in [0.5, 0.6) is 0 Å². The Kier molecular flexibility index (Phi) is 4.69. The Bertz CT molecular complexity index is 555. The zero-order chi connectivity index (χ0) is 14.5. The zero-order valence-corrected chi connectivity index (χ0v) is 11.2. The summed E-state index contributed by atoms with van der Waals surface area (Å²) in [6, 6.07) is 13.5. The molecule has 0 radical (unpaired) electrons. The minimum atomic E-state index is -2.47. The Morgan fingerprint density at radius 2 is 1.70 bits per heavy atom. The van der Waals surface area contributed by atoms with E-state index in [1.807, 2.05) is 31.2 Å². The number of aryl methyl sites for hydroxylation is 1. The Hall–Kier alpha value is -1.94. The van der Waals surface area contributed by atoms with Gasteiger partial charge in [-0.05, 0) is 30.2 Å². The average molecular weight is 277 g/mol. The molecule has 20 heavy (non-hydrogen) atoms. The molecule has 2 N–H and O–H groups in total. The maximum atomic E-state index is 12.5. The Balaban J connectivity index is 2.15. The molecule has 0 aromatic heterocycles. The summed E-state index contributed by atoms with van der Waals surface area (Å²) in [6.07, 6.45) is -2.47. The third-order valence-corrected chi connectivity index (χ3v) is 3.13. The van der Waals surface area contributed by atoms with E-state index in [-0.39, 0.29) is 18.2 Å². The molecule has 1 unspecified atom stereocenters. The summed E-state index contributed by atoms with van der Waals surface area (Å²) in [5.74, 6) is 0. The van der Waals surface area contributed by atoms with Crippen molar-refractivity contribution >= 4 is 5.69 Å². The number of benzene rings is 2. The lowest BCUT2D eigenvalue weighted by molar-refractivity contribution is 0.151. The molecule has 2 aromatic carbocycles. The Labute approximate surface area is 117 Å². The first-order valence-electron chi connectivity index (χ1n) is 6.42. The lowest BCUT2D eigenvalue weighted by Crippen LogP contribution is -2.14. The van der Waals surface area contributed by atoms with Crippen molar-refractivity contribution in [1.82, 2.24) is 0 Å². The molecule has 0 heterocycles. The van der Waals surface area contributed by atoms with Crippen LogP contribution < -0.4 is 5.32 Å². The van der Waals surface area contributed by atoms with Crippen molar-refractivity contribution in [2.24, 2.45) is 0 Å². The summed E-state index contributed by atoms with van der Waals surface area (Å²) in [4.78, 5) is 0. The molecule has 106 valence electrons. The number of anilines is 1. The van der Waals surface area contributed by atoms with Gasteiger partial charge in [0.15, 0.2) is 0 Å². The van der Waals surface area contributed by atoms with Gasteiger partial charge in [-0.15, -0.1) is 0 Å². The summed E-state index contributed by atoms with van der Waals surface area (Å²) in [5.41, 5.74) is 2.76. The topological polar surface area (TPSA) is 32.3 Å². The third kappa shape index (κ3) is 3.54. The fourth-order valence-electron chi connectivity index (χ4n) is 2.04. The van der Waals surface area contributed by atoms with Crippen LogP contribution in [0.2, 0.25) is 0 Å². The van der Waals surface area contributed by atoms with Crippen LogP contribution in [-0.4, -0.2) is 11.7 Å². The fraction of sp³-hybridized carbons (Fsp3) is 0.250. The van der Waals surface area contributed by atoms with Crippen molar-refractivity contribution < 1.29 is 13.9 Å². The molecule has 1 atom stereocenters. The van der Waals surface area contributed by atoms with Crippen LogP contribution in [0.15, 0.2) is 48.5 Å². The van der Waals surface area contributed by atoms with E-state index < -0.39 is 6.43 Å². The maximum Gasteiger partial charge on any atom is 0.263 e. The molecule has 2 aromatic rings. The molecule has 0 saturated heterocycles. The summed E-state index contributed by atoms with van der Waals surface area (Å²) in [5, 5.41) is 12.7. The predicted octanol–water partition coefficient (Wildman–Crippen LogP) is 4.08. The van der Waals surface area contributed by atoms with Crippen LogP contribution >= 0.6 is 0 Å². The summed E-state index contributed by atoms with van der Waals surface area (Å²) < 4.78 is 25.0. The number of rotatable bonds is 5. The molecule has 0 aliphatic rings. The molecule has 0 fully saturated rings. The normalized spacial score (nSPS) is 12.4. The number of halogens is 2. The SMILES string of the molecule is Cc1cccc(NC(CO)c2ccc(C(F)F)cc2)c1. The van der Waals surface area contributed by atoms with Gasteiger partial charge in [0.1, 0.15) is 0 Å². The first-order chi connectivity index (χ1) is 9.60. The van der Waals surface area contributed by atoms with E-state index in [1.165, 1.54) is 12.1 Å². The van der Waals surface area contributed by atoms with E-state index in [2.05, 4.69) is 5.32 Å². The average Bonchev–Trinajstić information content (AvgIpc) is 2.45. The molecular formula is C16H17F2NO. The van der Waals surface area contributed by atoms with Gasteiger partial charge in [0, 0.05) is 11.3 Å². The Morgan fingerprint density at radius 3 is 2.25 bits per heavy atom. The van der Waals surface area contributed by atoms with E-state index in [0.717, 1.165) is 16.8 Å². The number of nitrogens with one attached hydrogen (secondary N) is 1. The quantitative estimate of drug-likeness (QED) is 0.863. The highest BCUT2D eigenvalue weighted by Gasteiger charge is 2.12. The third-order valence-electron chi connectivity index (χ3n) is 3.13. The fourth-order valence-corrected chi connectivity index (χ4v) is 2.04. The zero-order valence-electron chi connectivity index (χ0n) is 11.2. The highest BCUT2D eigenvalue weighted by Crippen LogP contribution is 2.23. The molecule has 0 spiro atoms. The number of aliphatic hydroxyl groups is 1. The molecular weight excluding hydrogens is 260 g/mol. The van der Waals surface area contributed by atoms with E-state index in [4.69, 9.17) is 0 Å². The number of hydrogen-bond acceptors (Lipinski definition) is 2. The van der Waals surface area contributed by atoms with Gasteiger partial charge >= 0.3 is 0 Å². The van der Waals surface area contributed by atoms with Crippen molar-refractivity contribution in [1.29, 1.82) is 0 Å². The molecule has 0 aliphatic heterocycles. The first-order valence-corrected chi connectivity index (χ1v) is 6.42. The van der Waals surface area contributed by atoms with Crippen LogP contribution in [0.25, 0.3) is 0 Å². The molecule has 2 rings (SSSR count). The van der Waals surface area contributed by atoms with Gasteiger partial charge in [-0.2, -0.15) is 0 Å².